The van der Waals surface area contributed by atoms with Crippen LogP contribution in [0, 0.1) is 0 Å². The molecule has 92 valence electrons. The largest absolute Gasteiger partial charge is 0.493 e. The highest BCUT2D eigenvalue weighted by molar-refractivity contribution is 5.78. The van der Waals surface area contributed by atoms with Gasteiger partial charge < -0.3 is 14.2 Å². The summed E-state index contributed by atoms with van der Waals surface area (Å²) < 4.78 is 15.9. The van der Waals surface area contributed by atoms with E-state index in [-0.39, 0.29) is 0 Å². The molecule has 0 unspecified atom stereocenters. The lowest BCUT2D eigenvalue weighted by Crippen LogP contribution is -2.00. The number of hydrogen-bond donors (Lipinski definition) is 0. The average Bonchev–Trinajstić information content (AvgIpc) is 2.38. The third-order valence-corrected chi connectivity index (χ3v) is 2.18. The van der Waals surface area contributed by atoms with Crippen molar-refractivity contribution in [2.45, 2.75) is 6.92 Å². The van der Waals surface area contributed by atoms with Crippen LogP contribution in [-0.4, -0.2) is 27.1 Å². The molecule has 4 nitrogen and oxygen atoms in total. The summed E-state index contributed by atoms with van der Waals surface area (Å²) >= 11 is 0. The predicted octanol–water partition coefficient (Wildman–Crippen LogP) is 2.47. The van der Waals surface area contributed by atoms with Crippen LogP contribution < -0.4 is 14.2 Å². The number of allylic oxidation sites excluding steroid dienone is 1. The van der Waals surface area contributed by atoms with Gasteiger partial charge in [-0.05, 0) is 19.1 Å². The van der Waals surface area contributed by atoms with E-state index < -0.39 is 0 Å². The van der Waals surface area contributed by atoms with Gasteiger partial charge in [-0.1, -0.05) is 12.2 Å². The highest BCUT2D eigenvalue weighted by Gasteiger charge is 2.13. The Bertz CT molecular complexity index is 385. The first-order chi connectivity index (χ1) is 8.26. The van der Waals surface area contributed by atoms with Gasteiger partial charge in [-0.2, -0.15) is 0 Å². The van der Waals surface area contributed by atoms with Crippen molar-refractivity contribution in [2.75, 3.05) is 20.8 Å². The fraction of sp³-hybridized carbons (Fsp3) is 0.308. The minimum absolute atomic E-state index is 0.420. The topological polar surface area (TPSA) is 44.8 Å². The van der Waals surface area contributed by atoms with Gasteiger partial charge in [-0.15, -0.1) is 0 Å². The van der Waals surface area contributed by atoms with Gasteiger partial charge in [0.25, 0.3) is 0 Å². The normalized spacial score (nSPS) is 10.3. The highest BCUT2D eigenvalue weighted by Crippen LogP contribution is 2.38. The molecule has 0 N–H and O–H groups in total. The van der Waals surface area contributed by atoms with E-state index in [1.165, 1.54) is 14.2 Å². The molecule has 0 fully saturated rings. The van der Waals surface area contributed by atoms with Crippen LogP contribution in [0.4, 0.5) is 0 Å². The Hall–Kier alpha value is -1.97. The predicted molar refractivity (Wildman–Crippen MR) is 65.2 cm³/mol. The summed E-state index contributed by atoms with van der Waals surface area (Å²) in [4.78, 5) is 10.8. The summed E-state index contributed by atoms with van der Waals surface area (Å²) in [6.07, 6.45) is 4.49. The maximum Gasteiger partial charge on any atom is 0.203 e. The number of methoxy groups -OCH3 is 2. The molecule has 0 aliphatic heterocycles. The molecule has 0 atom stereocenters. The van der Waals surface area contributed by atoms with Gasteiger partial charge in [0.15, 0.2) is 11.5 Å². The average molecular weight is 236 g/mol. The van der Waals surface area contributed by atoms with Crippen LogP contribution in [0.5, 0.6) is 17.2 Å². The third kappa shape index (κ3) is 3.24. The molecule has 0 bridgehead atoms. The quantitative estimate of drug-likeness (QED) is 0.562. The van der Waals surface area contributed by atoms with Crippen molar-refractivity contribution in [2.24, 2.45) is 0 Å². The van der Waals surface area contributed by atoms with E-state index in [9.17, 15) is 4.79 Å². The molecule has 0 aromatic heterocycles. The van der Waals surface area contributed by atoms with Gasteiger partial charge in [0.2, 0.25) is 5.75 Å². The molecule has 0 spiro atoms. The monoisotopic (exact) mass is 236 g/mol. The molecule has 1 aromatic carbocycles. The van der Waals surface area contributed by atoms with Crippen LogP contribution in [0.3, 0.4) is 0 Å². The molecule has 4 heteroatoms. The van der Waals surface area contributed by atoms with Crippen LogP contribution in [0.25, 0.3) is 0 Å². The van der Waals surface area contributed by atoms with Crippen molar-refractivity contribution in [3.8, 4) is 17.2 Å². The number of carbonyl (C=O) groups excluding carboxylic acids is 1. The zero-order valence-corrected chi connectivity index (χ0v) is 10.2. The zero-order chi connectivity index (χ0) is 12.7. The number of carbonyl (C=O) groups is 1. The molecule has 0 heterocycles. The van der Waals surface area contributed by atoms with Gasteiger partial charge in [0, 0.05) is 5.56 Å². The van der Waals surface area contributed by atoms with Gasteiger partial charge >= 0.3 is 0 Å². The maximum atomic E-state index is 10.8. The van der Waals surface area contributed by atoms with Crippen molar-refractivity contribution in [1.82, 2.24) is 0 Å². The molecule has 1 aromatic rings. The van der Waals surface area contributed by atoms with Crippen molar-refractivity contribution < 1.29 is 19.0 Å². The van der Waals surface area contributed by atoms with E-state index in [4.69, 9.17) is 14.2 Å². The first kappa shape index (κ1) is 13.1. The zero-order valence-electron chi connectivity index (χ0n) is 10.2. The fourth-order valence-corrected chi connectivity index (χ4v) is 1.34. The minimum Gasteiger partial charge on any atom is -0.493 e. The van der Waals surface area contributed by atoms with E-state index in [1.807, 2.05) is 19.1 Å². The number of benzene rings is 1. The van der Waals surface area contributed by atoms with Crippen LogP contribution in [-0.2, 0) is 0 Å². The molecule has 0 aliphatic rings. The SMILES string of the molecule is C/C=C/COc1c(OC)cc(C=O)cc1OC. The molecule has 0 aliphatic carbocycles. The summed E-state index contributed by atoms with van der Waals surface area (Å²) in [5.41, 5.74) is 0.483. The Morgan fingerprint density at radius 2 is 1.76 bits per heavy atom. The van der Waals surface area contributed by atoms with E-state index >= 15 is 0 Å². The Balaban J connectivity index is 3.10. The van der Waals surface area contributed by atoms with Gasteiger partial charge in [-0.3, -0.25) is 4.79 Å². The number of hydrogen-bond acceptors (Lipinski definition) is 4. The summed E-state index contributed by atoms with van der Waals surface area (Å²) in [6.45, 7) is 2.33. The van der Waals surface area contributed by atoms with Crippen LogP contribution in [0.2, 0.25) is 0 Å². The second kappa shape index (κ2) is 6.58. The Labute approximate surface area is 101 Å². The molecule has 0 radical (unpaired) electrons. The van der Waals surface area contributed by atoms with Gasteiger partial charge in [0.05, 0.1) is 14.2 Å². The second-order valence-corrected chi connectivity index (χ2v) is 3.25. The van der Waals surface area contributed by atoms with E-state index in [0.717, 1.165) is 6.29 Å². The van der Waals surface area contributed by atoms with Gasteiger partial charge in [-0.25, -0.2) is 0 Å². The van der Waals surface area contributed by atoms with Crippen molar-refractivity contribution in [1.29, 1.82) is 0 Å². The lowest BCUT2D eigenvalue weighted by molar-refractivity contribution is 0.112. The van der Waals surface area contributed by atoms with Crippen molar-refractivity contribution in [3.63, 3.8) is 0 Å². The minimum atomic E-state index is 0.420. The van der Waals surface area contributed by atoms with Gasteiger partial charge in [0.1, 0.15) is 12.9 Å². The number of ether oxygens (including phenoxy) is 3. The molecular weight excluding hydrogens is 220 g/mol. The Kier molecular flexibility index (Phi) is 5.07. The molecule has 17 heavy (non-hydrogen) atoms. The molecule has 1 rings (SSSR count). The third-order valence-electron chi connectivity index (χ3n) is 2.18. The van der Waals surface area contributed by atoms with E-state index in [0.29, 0.717) is 29.4 Å². The van der Waals surface area contributed by atoms with E-state index in [2.05, 4.69) is 0 Å². The second-order valence-electron chi connectivity index (χ2n) is 3.25. The Morgan fingerprint density at radius 1 is 1.18 bits per heavy atom. The lowest BCUT2D eigenvalue weighted by Gasteiger charge is -2.13. The molecular formula is C13H16O4. The smallest absolute Gasteiger partial charge is 0.203 e. The summed E-state index contributed by atoms with van der Waals surface area (Å²) in [7, 11) is 3.04. The highest BCUT2D eigenvalue weighted by atomic mass is 16.5. The molecule has 0 amide bonds. The molecule has 0 saturated heterocycles. The molecule has 0 saturated carbocycles. The van der Waals surface area contributed by atoms with Crippen LogP contribution in [0.15, 0.2) is 24.3 Å². The van der Waals surface area contributed by atoms with Crippen LogP contribution in [0.1, 0.15) is 17.3 Å². The Morgan fingerprint density at radius 3 is 2.18 bits per heavy atom. The summed E-state index contributed by atoms with van der Waals surface area (Å²) in [5, 5.41) is 0. The fourth-order valence-electron chi connectivity index (χ4n) is 1.34. The van der Waals surface area contributed by atoms with Crippen LogP contribution >= 0.6 is 0 Å². The number of rotatable bonds is 6. The maximum absolute atomic E-state index is 10.8. The standard InChI is InChI=1S/C13H16O4/c1-4-5-6-17-13-11(15-2)7-10(9-14)8-12(13)16-3/h4-5,7-9H,6H2,1-3H3/b5-4+. The number of aldehydes is 1. The van der Waals surface area contributed by atoms with Crippen molar-refractivity contribution >= 4 is 6.29 Å². The van der Waals surface area contributed by atoms with Crippen molar-refractivity contribution in [3.05, 3.63) is 29.8 Å². The first-order valence-corrected chi connectivity index (χ1v) is 5.22. The lowest BCUT2D eigenvalue weighted by atomic mass is 10.2. The summed E-state index contributed by atoms with van der Waals surface area (Å²) in [5.74, 6) is 1.46. The summed E-state index contributed by atoms with van der Waals surface area (Å²) in [6, 6.07) is 3.22. The first-order valence-electron chi connectivity index (χ1n) is 5.22. The van der Waals surface area contributed by atoms with E-state index in [1.54, 1.807) is 12.1 Å².